The highest BCUT2D eigenvalue weighted by Gasteiger charge is 2.55. The number of carbonyl (C=O) groups excluding carboxylic acids is 3. The van der Waals surface area contributed by atoms with Crippen LogP contribution in [-0.2, 0) is 32.5 Å². The fourth-order valence-corrected chi connectivity index (χ4v) is 4.04. The van der Waals surface area contributed by atoms with Crippen LogP contribution >= 0.6 is 0 Å². The molecule has 1 amide bonds. The molecule has 1 aliphatic heterocycles. The molecule has 10 nitrogen and oxygen atoms in total. The highest BCUT2D eigenvalue weighted by Crippen LogP contribution is 2.33. The first kappa shape index (κ1) is 24.5. The molecule has 0 bridgehead atoms. The molecule has 3 rings (SSSR count). The van der Waals surface area contributed by atoms with Crippen molar-refractivity contribution >= 4 is 23.9 Å². The summed E-state index contributed by atoms with van der Waals surface area (Å²) < 4.78 is 5.63. The van der Waals surface area contributed by atoms with Gasteiger partial charge in [-0.3, -0.25) is 9.59 Å². The van der Waals surface area contributed by atoms with Crippen molar-refractivity contribution in [1.82, 2.24) is 25.5 Å². The first-order chi connectivity index (χ1) is 15.9. The zero-order valence-corrected chi connectivity index (χ0v) is 19.4. The number of nitrogens with one attached hydrogen (secondary N) is 1. The third-order valence-corrected chi connectivity index (χ3v) is 5.85. The number of aldehydes is 1. The lowest BCUT2D eigenvalue weighted by atomic mass is 9.86. The van der Waals surface area contributed by atoms with Crippen LogP contribution in [0.4, 0.5) is 5.95 Å². The number of rotatable bonds is 12. The number of anilines is 1. The van der Waals surface area contributed by atoms with Gasteiger partial charge in [-0.1, -0.05) is 56.2 Å². The Bertz CT molecular complexity index is 947. The van der Waals surface area contributed by atoms with E-state index in [0.717, 1.165) is 12.0 Å². The van der Waals surface area contributed by atoms with Crippen LogP contribution in [0.3, 0.4) is 0 Å². The summed E-state index contributed by atoms with van der Waals surface area (Å²) in [7, 11) is 0. The molecule has 33 heavy (non-hydrogen) atoms. The van der Waals surface area contributed by atoms with Gasteiger partial charge in [0.2, 0.25) is 5.91 Å². The van der Waals surface area contributed by atoms with Crippen molar-refractivity contribution in [2.24, 2.45) is 5.92 Å². The van der Waals surface area contributed by atoms with Crippen molar-refractivity contribution in [3.8, 4) is 0 Å². The summed E-state index contributed by atoms with van der Waals surface area (Å²) in [4.78, 5) is 40.7. The molecular formula is C23H32N6O4. The van der Waals surface area contributed by atoms with E-state index < -0.39 is 11.6 Å². The third-order valence-electron chi connectivity index (χ3n) is 5.85. The number of tetrazole rings is 1. The average molecular weight is 457 g/mol. The van der Waals surface area contributed by atoms with Gasteiger partial charge >= 0.3 is 0 Å². The van der Waals surface area contributed by atoms with Gasteiger partial charge in [-0.25, -0.2) is 0 Å². The van der Waals surface area contributed by atoms with Gasteiger partial charge in [-0.15, -0.1) is 9.90 Å². The van der Waals surface area contributed by atoms with Crippen LogP contribution in [0.25, 0.3) is 0 Å². The molecule has 1 aromatic carbocycles. The van der Waals surface area contributed by atoms with E-state index in [1.54, 1.807) is 11.8 Å². The second-order valence-electron chi connectivity index (χ2n) is 8.64. The van der Waals surface area contributed by atoms with E-state index in [9.17, 15) is 14.4 Å². The van der Waals surface area contributed by atoms with Gasteiger partial charge in [0, 0.05) is 19.4 Å². The largest absolute Gasteiger partial charge is 0.353 e. The Labute approximate surface area is 193 Å². The average Bonchev–Trinajstić information content (AvgIpc) is 3.42. The number of benzene rings is 1. The molecule has 0 radical (unpaired) electrons. The molecular weight excluding hydrogens is 424 g/mol. The molecule has 178 valence electrons. The number of aromatic nitrogens is 4. The summed E-state index contributed by atoms with van der Waals surface area (Å²) in [6, 6.07) is 9.05. The lowest BCUT2D eigenvalue weighted by Crippen LogP contribution is -2.63. The Morgan fingerprint density at radius 1 is 1.30 bits per heavy atom. The first-order valence-electron chi connectivity index (χ1n) is 11.4. The lowest BCUT2D eigenvalue weighted by molar-refractivity contribution is -0.130. The van der Waals surface area contributed by atoms with E-state index in [4.69, 9.17) is 4.74 Å². The van der Waals surface area contributed by atoms with Crippen LogP contribution in [0, 0.1) is 5.92 Å². The monoisotopic (exact) mass is 456 g/mol. The molecule has 0 saturated carbocycles. The highest BCUT2D eigenvalue weighted by atomic mass is 16.5. The Hall–Kier alpha value is -3.14. The zero-order valence-electron chi connectivity index (χ0n) is 19.4. The Morgan fingerprint density at radius 3 is 2.73 bits per heavy atom. The molecule has 1 aliphatic rings. The summed E-state index contributed by atoms with van der Waals surface area (Å²) >= 11 is 0. The van der Waals surface area contributed by atoms with Crippen molar-refractivity contribution in [3.05, 3.63) is 35.9 Å². The molecule has 2 atom stereocenters. The molecule has 1 aromatic heterocycles. The molecule has 2 heterocycles. The standard InChI is InChI=1S/C23H32N6O4/c1-4-20(31)23(15-30)19(24-21(32)11-10-17(2)3)12-13-28(23)22-25-27-29(26-22)16-33-14-18-8-6-5-7-9-18/h5-9,15,17,19H,4,10-14,16H2,1-3H3,(H,24,32)/t19?,23-/m1/s1. The first-order valence-corrected chi connectivity index (χ1v) is 11.4. The third kappa shape index (κ3) is 5.62. The van der Waals surface area contributed by atoms with Gasteiger partial charge in [0.25, 0.3) is 5.95 Å². The zero-order chi connectivity index (χ0) is 23.8. The van der Waals surface area contributed by atoms with Gasteiger partial charge in [0.05, 0.1) is 12.6 Å². The minimum Gasteiger partial charge on any atom is -0.353 e. The topological polar surface area (TPSA) is 119 Å². The smallest absolute Gasteiger partial charge is 0.267 e. The van der Waals surface area contributed by atoms with Gasteiger partial charge in [-0.2, -0.15) is 0 Å². The Balaban J connectivity index is 1.72. The number of amides is 1. The van der Waals surface area contributed by atoms with E-state index in [1.165, 1.54) is 4.80 Å². The maximum atomic E-state index is 13.0. The fourth-order valence-electron chi connectivity index (χ4n) is 4.04. The normalized spacial score (nSPS) is 20.2. The maximum absolute atomic E-state index is 13.0. The minimum absolute atomic E-state index is 0.0704. The van der Waals surface area contributed by atoms with E-state index in [1.807, 2.05) is 44.2 Å². The van der Waals surface area contributed by atoms with Gasteiger partial charge in [-0.05, 0) is 29.5 Å². The van der Waals surface area contributed by atoms with E-state index in [-0.39, 0.29) is 30.8 Å². The molecule has 0 spiro atoms. The minimum atomic E-state index is -1.55. The molecule has 0 aliphatic carbocycles. The molecule has 1 fully saturated rings. The predicted octanol–water partition coefficient (Wildman–Crippen LogP) is 1.90. The number of ketones is 1. The molecule has 1 unspecified atom stereocenters. The van der Waals surface area contributed by atoms with Gasteiger partial charge in [0.1, 0.15) is 0 Å². The second kappa shape index (κ2) is 11.1. The van der Waals surface area contributed by atoms with Gasteiger partial charge < -0.3 is 19.7 Å². The van der Waals surface area contributed by atoms with Crippen molar-refractivity contribution < 1.29 is 19.1 Å². The van der Waals surface area contributed by atoms with Crippen LogP contribution in [0.5, 0.6) is 0 Å². The summed E-state index contributed by atoms with van der Waals surface area (Å²) in [5.41, 5.74) is -0.539. The fraction of sp³-hybridized carbons (Fsp3) is 0.565. The number of ether oxygens (including phenoxy) is 1. The second-order valence-corrected chi connectivity index (χ2v) is 8.64. The SMILES string of the molecule is CCC(=O)[C@@]1(C=O)C(NC(=O)CCC(C)C)CCN1c1nnn(COCc2ccccc2)n1. The molecule has 1 saturated heterocycles. The summed E-state index contributed by atoms with van der Waals surface area (Å²) in [6.07, 6.45) is 2.26. The molecule has 2 aromatic rings. The molecule has 1 N–H and O–H groups in total. The van der Waals surface area contributed by atoms with Crippen LogP contribution in [0.15, 0.2) is 30.3 Å². The molecule has 10 heteroatoms. The maximum Gasteiger partial charge on any atom is 0.267 e. The summed E-state index contributed by atoms with van der Waals surface area (Å²) in [5.74, 6) is 0.0795. The predicted molar refractivity (Wildman–Crippen MR) is 121 cm³/mol. The van der Waals surface area contributed by atoms with E-state index in [2.05, 4.69) is 20.7 Å². The lowest BCUT2D eigenvalue weighted by Gasteiger charge is -2.35. The Kier molecular flexibility index (Phi) is 8.26. The van der Waals surface area contributed by atoms with E-state index >= 15 is 0 Å². The number of hydrogen-bond donors (Lipinski definition) is 1. The number of nitrogens with zero attached hydrogens (tertiary/aromatic N) is 5. The quantitative estimate of drug-likeness (QED) is 0.380. The Morgan fingerprint density at radius 2 is 2.06 bits per heavy atom. The van der Waals surface area contributed by atoms with Crippen LogP contribution < -0.4 is 10.2 Å². The summed E-state index contributed by atoms with van der Waals surface area (Å²) in [6.45, 7) is 6.58. The van der Waals surface area contributed by atoms with Crippen molar-refractivity contribution in [2.75, 3.05) is 11.4 Å². The number of carbonyl (C=O) groups is 3. The number of Topliss-reactive ketones (excluding diaryl/α,β-unsaturated/α-hetero) is 1. The van der Waals surface area contributed by atoms with E-state index in [0.29, 0.717) is 38.2 Å². The van der Waals surface area contributed by atoms with Crippen molar-refractivity contribution in [1.29, 1.82) is 0 Å². The van der Waals surface area contributed by atoms with Crippen molar-refractivity contribution in [2.45, 2.75) is 71.4 Å². The van der Waals surface area contributed by atoms with Crippen LogP contribution in [0.1, 0.15) is 52.0 Å². The van der Waals surface area contributed by atoms with Gasteiger partial charge in [0.15, 0.2) is 24.3 Å². The highest BCUT2D eigenvalue weighted by molar-refractivity contribution is 6.08. The number of hydrogen-bond acceptors (Lipinski definition) is 8. The van der Waals surface area contributed by atoms with Crippen molar-refractivity contribution in [3.63, 3.8) is 0 Å². The van der Waals surface area contributed by atoms with Crippen LogP contribution in [-0.4, -0.2) is 56.3 Å². The van der Waals surface area contributed by atoms with Crippen LogP contribution in [0.2, 0.25) is 0 Å². The summed E-state index contributed by atoms with van der Waals surface area (Å²) in [5, 5.41) is 15.3.